The van der Waals surface area contributed by atoms with Crippen LogP contribution in [0.4, 0.5) is 5.13 Å². The van der Waals surface area contributed by atoms with Crippen molar-refractivity contribution in [1.29, 1.82) is 0 Å². The number of benzene rings is 1. The number of anilines is 1. The van der Waals surface area contributed by atoms with E-state index in [1.807, 2.05) is 18.2 Å². The number of hydrogen-bond acceptors (Lipinski definition) is 5. The van der Waals surface area contributed by atoms with Crippen molar-refractivity contribution in [2.24, 2.45) is 5.92 Å². The van der Waals surface area contributed by atoms with Gasteiger partial charge in [-0.05, 0) is 31.0 Å². The highest BCUT2D eigenvalue weighted by Crippen LogP contribution is 2.33. The number of fused-ring (bicyclic) bond motifs is 1. The molecule has 0 aliphatic carbocycles. The Kier molecular flexibility index (Phi) is 3.96. The third-order valence-electron chi connectivity index (χ3n) is 3.89. The van der Waals surface area contributed by atoms with Crippen LogP contribution in [0.5, 0.6) is 5.75 Å². The monoisotopic (exact) mass is 305 g/mol. The van der Waals surface area contributed by atoms with Gasteiger partial charge in [0.25, 0.3) is 0 Å². The molecule has 3 rings (SSSR count). The number of methoxy groups -OCH3 is 1. The summed E-state index contributed by atoms with van der Waals surface area (Å²) in [6.07, 6.45) is 1.98. The third kappa shape index (κ3) is 2.81. The van der Waals surface area contributed by atoms with Crippen LogP contribution < -0.4 is 15.0 Å². The van der Waals surface area contributed by atoms with Crippen LogP contribution in [0.1, 0.15) is 12.8 Å². The number of aromatic nitrogens is 1. The van der Waals surface area contributed by atoms with Crippen molar-refractivity contribution in [2.75, 3.05) is 32.1 Å². The first-order valence-corrected chi connectivity index (χ1v) is 7.94. The van der Waals surface area contributed by atoms with E-state index in [2.05, 4.69) is 15.2 Å². The molecule has 0 spiro atoms. The zero-order valence-corrected chi connectivity index (χ0v) is 13.1. The minimum absolute atomic E-state index is 0.0605. The summed E-state index contributed by atoms with van der Waals surface area (Å²) < 4.78 is 6.37. The average Bonchev–Trinajstić information content (AvgIpc) is 2.97. The molecule has 112 valence electrons. The Labute approximate surface area is 127 Å². The Hall–Kier alpha value is -1.82. The van der Waals surface area contributed by atoms with Crippen LogP contribution in [0.25, 0.3) is 10.2 Å². The quantitative estimate of drug-likeness (QED) is 0.945. The van der Waals surface area contributed by atoms with Crippen LogP contribution in [0.2, 0.25) is 0 Å². The lowest BCUT2D eigenvalue weighted by Gasteiger charge is -2.31. The maximum Gasteiger partial charge on any atom is 0.224 e. The van der Waals surface area contributed by atoms with Gasteiger partial charge in [-0.2, -0.15) is 0 Å². The number of thiazole rings is 1. The van der Waals surface area contributed by atoms with Gasteiger partial charge in [-0.3, -0.25) is 4.79 Å². The summed E-state index contributed by atoms with van der Waals surface area (Å²) in [5, 5.41) is 3.74. The van der Waals surface area contributed by atoms with E-state index in [1.165, 1.54) is 0 Å². The van der Waals surface area contributed by atoms with Gasteiger partial charge in [0.2, 0.25) is 5.91 Å². The fourth-order valence-electron chi connectivity index (χ4n) is 2.72. The predicted molar refractivity (Wildman–Crippen MR) is 85.2 cm³/mol. The first-order valence-electron chi connectivity index (χ1n) is 7.12. The molecule has 1 saturated heterocycles. The van der Waals surface area contributed by atoms with E-state index in [0.29, 0.717) is 0 Å². The van der Waals surface area contributed by atoms with Gasteiger partial charge in [0.15, 0.2) is 5.13 Å². The molecule has 1 aliphatic rings. The number of nitrogens with zero attached hydrogens (tertiary/aromatic N) is 2. The number of carbonyl (C=O) groups excluding carboxylic acids is 1. The maximum absolute atomic E-state index is 11.8. The number of piperidine rings is 1. The van der Waals surface area contributed by atoms with Crippen molar-refractivity contribution in [3.8, 4) is 5.75 Å². The number of hydrogen-bond donors (Lipinski definition) is 1. The minimum Gasteiger partial charge on any atom is -0.497 e. The second-order valence-corrected chi connectivity index (χ2v) is 6.24. The van der Waals surface area contributed by atoms with Gasteiger partial charge in [0, 0.05) is 20.1 Å². The summed E-state index contributed by atoms with van der Waals surface area (Å²) in [7, 11) is 3.37. The highest BCUT2D eigenvalue weighted by Gasteiger charge is 2.26. The Morgan fingerprint density at radius 2 is 2.38 bits per heavy atom. The fourth-order valence-corrected chi connectivity index (χ4v) is 3.75. The molecular formula is C15H19N3O2S. The van der Waals surface area contributed by atoms with Crippen molar-refractivity contribution in [3.05, 3.63) is 18.2 Å². The first-order chi connectivity index (χ1) is 10.2. The number of rotatable bonds is 3. The molecule has 6 heteroatoms. The molecule has 0 bridgehead atoms. The van der Waals surface area contributed by atoms with Gasteiger partial charge >= 0.3 is 0 Å². The molecule has 0 saturated carbocycles. The van der Waals surface area contributed by atoms with Crippen molar-refractivity contribution >= 4 is 32.6 Å². The van der Waals surface area contributed by atoms with Crippen molar-refractivity contribution in [3.63, 3.8) is 0 Å². The lowest BCUT2D eigenvalue weighted by atomic mass is 9.98. The SMILES string of the molecule is CNC(=O)[C@H]1CCCN(c2nc3ccc(OC)cc3s2)C1. The molecule has 1 N–H and O–H groups in total. The van der Waals surface area contributed by atoms with Crippen LogP contribution in [-0.4, -0.2) is 38.1 Å². The molecule has 0 unspecified atom stereocenters. The number of ether oxygens (including phenoxy) is 1. The lowest BCUT2D eigenvalue weighted by Crippen LogP contribution is -2.42. The van der Waals surface area contributed by atoms with Crippen LogP contribution in [0.3, 0.4) is 0 Å². The van der Waals surface area contributed by atoms with Crippen LogP contribution >= 0.6 is 11.3 Å². The second-order valence-electron chi connectivity index (χ2n) is 5.23. The van der Waals surface area contributed by atoms with Gasteiger partial charge < -0.3 is 15.0 Å². The zero-order chi connectivity index (χ0) is 14.8. The fraction of sp³-hybridized carbons (Fsp3) is 0.467. The molecule has 2 aromatic rings. The predicted octanol–water partition coefficient (Wildman–Crippen LogP) is 2.27. The molecule has 1 aromatic carbocycles. The van der Waals surface area contributed by atoms with E-state index >= 15 is 0 Å². The van der Waals surface area contributed by atoms with Crippen molar-refractivity contribution < 1.29 is 9.53 Å². The van der Waals surface area contributed by atoms with E-state index in [9.17, 15) is 4.79 Å². The van der Waals surface area contributed by atoms with E-state index in [0.717, 1.165) is 47.0 Å². The first kappa shape index (κ1) is 14.1. The van der Waals surface area contributed by atoms with Gasteiger partial charge in [0.05, 0.1) is 23.2 Å². The molecule has 1 aliphatic heterocycles. The normalized spacial score (nSPS) is 18.8. The standard InChI is InChI=1S/C15H19N3O2S/c1-16-14(19)10-4-3-7-18(9-10)15-17-12-6-5-11(20-2)8-13(12)21-15/h5-6,8,10H,3-4,7,9H2,1-2H3,(H,16,19)/t10-/m0/s1. The van der Waals surface area contributed by atoms with Crippen LogP contribution in [0, 0.1) is 5.92 Å². The molecule has 1 aromatic heterocycles. The Morgan fingerprint density at radius 3 is 3.14 bits per heavy atom. The second kappa shape index (κ2) is 5.89. The summed E-state index contributed by atoms with van der Waals surface area (Å²) in [6, 6.07) is 5.92. The van der Waals surface area contributed by atoms with Crippen LogP contribution in [0.15, 0.2) is 18.2 Å². The van der Waals surface area contributed by atoms with Crippen molar-refractivity contribution in [1.82, 2.24) is 10.3 Å². The van der Waals surface area contributed by atoms with Crippen molar-refractivity contribution in [2.45, 2.75) is 12.8 Å². The molecule has 1 atom stereocenters. The average molecular weight is 305 g/mol. The smallest absolute Gasteiger partial charge is 0.224 e. The van der Waals surface area contributed by atoms with E-state index in [-0.39, 0.29) is 11.8 Å². The maximum atomic E-state index is 11.8. The molecular weight excluding hydrogens is 286 g/mol. The Morgan fingerprint density at radius 1 is 1.52 bits per heavy atom. The summed E-state index contributed by atoms with van der Waals surface area (Å²) in [6.45, 7) is 1.71. The molecule has 0 radical (unpaired) electrons. The van der Waals surface area contributed by atoms with Gasteiger partial charge in [-0.15, -0.1) is 0 Å². The lowest BCUT2D eigenvalue weighted by molar-refractivity contribution is -0.124. The third-order valence-corrected chi connectivity index (χ3v) is 4.97. The summed E-state index contributed by atoms with van der Waals surface area (Å²) in [5.41, 5.74) is 0.984. The minimum atomic E-state index is 0.0605. The van der Waals surface area contributed by atoms with Gasteiger partial charge in [-0.1, -0.05) is 11.3 Å². The number of nitrogens with one attached hydrogen (secondary N) is 1. The summed E-state index contributed by atoms with van der Waals surface area (Å²) >= 11 is 1.66. The Bertz CT molecular complexity index is 655. The van der Waals surface area contributed by atoms with E-state index in [4.69, 9.17) is 4.74 Å². The van der Waals surface area contributed by atoms with Gasteiger partial charge in [0.1, 0.15) is 5.75 Å². The molecule has 1 fully saturated rings. The molecule has 21 heavy (non-hydrogen) atoms. The highest BCUT2D eigenvalue weighted by molar-refractivity contribution is 7.22. The highest BCUT2D eigenvalue weighted by atomic mass is 32.1. The van der Waals surface area contributed by atoms with E-state index in [1.54, 1.807) is 25.5 Å². The number of carbonyl (C=O) groups is 1. The Balaban J connectivity index is 1.84. The molecule has 2 heterocycles. The topological polar surface area (TPSA) is 54.5 Å². The largest absolute Gasteiger partial charge is 0.497 e. The zero-order valence-electron chi connectivity index (χ0n) is 12.3. The number of amides is 1. The summed E-state index contributed by atoms with van der Waals surface area (Å²) in [4.78, 5) is 18.7. The molecule has 5 nitrogen and oxygen atoms in total. The molecule has 1 amide bonds. The van der Waals surface area contributed by atoms with Gasteiger partial charge in [-0.25, -0.2) is 4.98 Å². The van der Waals surface area contributed by atoms with E-state index < -0.39 is 0 Å². The summed E-state index contributed by atoms with van der Waals surface area (Å²) in [5.74, 6) is 1.03. The van der Waals surface area contributed by atoms with Crippen LogP contribution in [-0.2, 0) is 4.79 Å².